The summed E-state index contributed by atoms with van der Waals surface area (Å²) in [6.07, 6.45) is 24.9. The fourth-order valence-corrected chi connectivity index (χ4v) is 6.38. The van der Waals surface area contributed by atoms with Crippen molar-refractivity contribution in [2.75, 3.05) is 6.61 Å². The largest absolute Gasteiger partial charge is 0.466 e. The van der Waals surface area contributed by atoms with Crippen LogP contribution in [0.2, 0.25) is 0 Å². The van der Waals surface area contributed by atoms with Gasteiger partial charge in [0, 0.05) is 0 Å². The molecule has 0 fully saturated rings. The standard InChI is InChI=1S/C30H61O5P/c1-5-8-10-12-14-16-18-20-22-24-26-30(29(31)35-7-3,28(4)36(32,33)34)27-25-23-21-19-17-15-13-11-9-6-2/h28H,5-27H2,1-4H3,(H2,32,33,34). The molecule has 0 aromatic heterocycles. The van der Waals surface area contributed by atoms with Crippen molar-refractivity contribution in [2.45, 2.75) is 175 Å². The predicted octanol–water partition coefficient (Wildman–Crippen LogP) is 9.72. The van der Waals surface area contributed by atoms with Crippen LogP contribution in [0.15, 0.2) is 0 Å². The Morgan fingerprint density at radius 3 is 1.22 bits per heavy atom. The number of unbranched alkanes of at least 4 members (excludes halogenated alkanes) is 18. The minimum absolute atomic E-state index is 0.241. The molecule has 216 valence electrons. The first-order valence-corrected chi connectivity index (χ1v) is 17.2. The van der Waals surface area contributed by atoms with Crippen molar-refractivity contribution in [3.05, 3.63) is 0 Å². The van der Waals surface area contributed by atoms with Crippen molar-refractivity contribution < 1.29 is 23.9 Å². The predicted molar refractivity (Wildman–Crippen MR) is 153 cm³/mol. The lowest BCUT2D eigenvalue weighted by Gasteiger charge is -2.37. The molecule has 0 aliphatic rings. The Kier molecular flexibility index (Phi) is 22.4. The summed E-state index contributed by atoms with van der Waals surface area (Å²) >= 11 is 0. The molecule has 0 aliphatic heterocycles. The molecule has 0 radical (unpaired) electrons. The quantitative estimate of drug-likeness (QED) is 0.0658. The lowest BCUT2D eigenvalue weighted by molar-refractivity contribution is -0.157. The average Bonchev–Trinajstić information content (AvgIpc) is 2.84. The van der Waals surface area contributed by atoms with Crippen LogP contribution < -0.4 is 0 Å². The molecule has 0 aromatic carbocycles. The van der Waals surface area contributed by atoms with E-state index in [4.69, 9.17) is 4.74 Å². The molecule has 1 unspecified atom stereocenters. The highest BCUT2D eigenvalue weighted by Gasteiger charge is 2.50. The van der Waals surface area contributed by atoms with Crippen LogP contribution in [-0.4, -0.2) is 28.0 Å². The van der Waals surface area contributed by atoms with Gasteiger partial charge in [-0.2, -0.15) is 0 Å². The molecule has 5 nitrogen and oxygen atoms in total. The van der Waals surface area contributed by atoms with Gasteiger partial charge in [-0.05, 0) is 26.7 Å². The van der Waals surface area contributed by atoms with Crippen LogP contribution in [0.3, 0.4) is 0 Å². The molecule has 0 saturated carbocycles. The minimum Gasteiger partial charge on any atom is -0.466 e. The van der Waals surface area contributed by atoms with Crippen LogP contribution >= 0.6 is 7.60 Å². The topological polar surface area (TPSA) is 83.8 Å². The van der Waals surface area contributed by atoms with Gasteiger partial charge in [0.25, 0.3) is 0 Å². The van der Waals surface area contributed by atoms with Crippen molar-refractivity contribution >= 4 is 13.6 Å². The van der Waals surface area contributed by atoms with Crippen LogP contribution in [0.1, 0.15) is 169 Å². The van der Waals surface area contributed by atoms with Gasteiger partial charge in [0.05, 0.1) is 17.7 Å². The summed E-state index contributed by atoms with van der Waals surface area (Å²) in [7, 11) is -4.42. The summed E-state index contributed by atoms with van der Waals surface area (Å²) in [6.45, 7) is 8.04. The number of esters is 1. The highest BCUT2D eigenvalue weighted by atomic mass is 31.2. The van der Waals surface area contributed by atoms with E-state index < -0.39 is 24.6 Å². The summed E-state index contributed by atoms with van der Waals surface area (Å²) in [5.74, 6) is -0.410. The van der Waals surface area contributed by atoms with E-state index in [9.17, 15) is 19.1 Å². The van der Waals surface area contributed by atoms with E-state index in [0.29, 0.717) is 12.8 Å². The van der Waals surface area contributed by atoms with E-state index in [1.54, 1.807) is 13.8 Å². The second-order valence-corrected chi connectivity index (χ2v) is 13.0. The van der Waals surface area contributed by atoms with Crippen molar-refractivity contribution in [2.24, 2.45) is 5.41 Å². The van der Waals surface area contributed by atoms with Crippen molar-refractivity contribution in [3.63, 3.8) is 0 Å². The molecule has 6 heteroatoms. The Labute approximate surface area is 224 Å². The van der Waals surface area contributed by atoms with E-state index in [2.05, 4.69) is 13.8 Å². The van der Waals surface area contributed by atoms with Crippen LogP contribution in [-0.2, 0) is 14.1 Å². The van der Waals surface area contributed by atoms with Gasteiger partial charge in [-0.1, -0.05) is 142 Å². The first kappa shape index (κ1) is 35.6. The van der Waals surface area contributed by atoms with E-state index in [1.807, 2.05) is 0 Å². The molecule has 0 saturated heterocycles. The molecule has 0 aromatic rings. The number of carbonyl (C=O) groups is 1. The van der Waals surface area contributed by atoms with Gasteiger partial charge >= 0.3 is 13.6 Å². The van der Waals surface area contributed by atoms with E-state index in [0.717, 1.165) is 38.5 Å². The highest BCUT2D eigenvalue weighted by molar-refractivity contribution is 7.52. The van der Waals surface area contributed by atoms with E-state index >= 15 is 0 Å². The van der Waals surface area contributed by atoms with E-state index in [1.165, 1.54) is 89.9 Å². The second kappa shape index (κ2) is 22.6. The van der Waals surface area contributed by atoms with Crippen molar-refractivity contribution in [1.82, 2.24) is 0 Å². The lowest BCUT2D eigenvalue weighted by Crippen LogP contribution is -2.42. The third kappa shape index (κ3) is 16.5. The molecular formula is C30H61O5P. The lowest BCUT2D eigenvalue weighted by atomic mass is 9.75. The molecule has 2 N–H and O–H groups in total. The molecule has 1 atom stereocenters. The zero-order valence-corrected chi connectivity index (χ0v) is 25.3. The zero-order valence-electron chi connectivity index (χ0n) is 24.4. The Bertz CT molecular complexity index is 536. The van der Waals surface area contributed by atoms with Gasteiger partial charge in [-0.15, -0.1) is 0 Å². The molecule has 0 aliphatic carbocycles. The fourth-order valence-electron chi connectivity index (χ4n) is 5.37. The number of rotatable bonds is 26. The Morgan fingerprint density at radius 1 is 0.639 bits per heavy atom. The fraction of sp³-hybridized carbons (Fsp3) is 0.967. The first-order valence-electron chi connectivity index (χ1n) is 15.5. The maximum absolute atomic E-state index is 13.2. The normalized spacial score (nSPS) is 13.2. The van der Waals surface area contributed by atoms with Crippen molar-refractivity contribution in [1.29, 1.82) is 0 Å². The Morgan fingerprint density at radius 2 is 0.944 bits per heavy atom. The smallest absolute Gasteiger partial charge is 0.329 e. The number of ether oxygens (including phenoxy) is 1. The van der Waals surface area contributed by atoms with Crippen LogP contribution in [0.25, 0.3) is 0 Å². The summed E-state index contributed by atoms with van der Waals surface area (Å²) < 4.78 is 17.8. The summed E-state index contributed by atoms with van der Waals surface area (Å²) in [4.78, 5) is 33.3. The molecule has 0 amide bonds. The highest BCUT2D eigenvalue weighted by Crippen LogP contribution is 2.54. The van der Waals surface area contributed by atoms with Gasteiger partial charge in [-0.3, -0.25) is 9.36 Å². The molecular weight excluding hydrogens is 471 g/mol. The summed E-state index contributed by atoms with van der Waals surface area (Å²) in [6, 6.07) is 0. The average molecular weight is 533 g/mol. The van der Waals surface area contributed by atoms with Gasteiger partial charge in [0.1, 0.15) is 0 Å². The second-order valence-electron chi connectivity index (χ2n) is 11.0. The van der Waals surface area contributed by atoms with Gasteiger partial charge in [0.2, 0.25) is 0 Å². The van der Waals surface area contributed by atoms with Crippen molar-refractivity contribution in [3.8, 4) is 0 Å². The number of carbonyl (C=O) groups excluding carboxylic acids is 1. The van der Waals surface area contributed by atoms with E-state index in [-0.39, 0.29) is 6.61 Å². The maximum atomic E-state index is 13.2. The zero-order chi connectivity index (χ0) is 27.1. The van der Waals surface area contributed by atoms with Crippen LogP contribution in [0.4, 0.5) is 0 Å². The van der Waals surface area contributed by atoms with Crippen LogP contribution in [0, 0.1) is 5.41 Å². The SMILES string of the molecule is CCCCCCCCCCCCC(CCCCCCCCCCCC)(C(=O)OCC)C(C)P(=O)(O)O. The first-order chi connectivity index (χ1) is 17.3. The molecule has 36 heavy (non-hydrogen) atoms. The summed E-state index contributed by atoms with van der Waals surface area (Å²) in [5, 5.41) is 0. The van der Waals surface area contributed by atoms with Gasteiger partial charge in [-0.25, -0.2) is 0 Å². The monoisotopic (exact) mass is 532 g/mol. The Hall–Kier alpha value is -0.380. The summed E-state index contributed by atoms with van der Waals surface area (Å²) in [5.41, 5.74) is -2.10. The third-order valence-electron chi connectivity index (χ3n) is 7.94. The van der Waals surface area contributed by atoms with Gasteiger partial charge < -0.3 is 14.5 Å². The Balaban J connectivity index is 4.75. The minimum atomic E-state index is -4.42. The maximum Gasteiger partial charge on any atom is 0.329 e. The third-order valence-corrected chi connectivity index (χ3v) is 9.44. The molecule has 0 heterocycles. The van der Waals surface area contributed by atoms with Gasteiger partial charge in [0.15, 0.2) is 0 Å². The molecule has 0 spiro atoms. The number of hydrogen-bond donors (Lipinski definition) is 2. The number of hydrogen-bond acceptors (Lipinski definition) is 3. The molecule has 0 rings (SSSR count). The molecule has 0 bridgehead atoms. The van der Waals surface area contributed by atoms with Crippen LogP contribution in [0.5, 0.6) is 0 Å².